The number of hydrogen-bond donors (Lipinski definition) is 1. The van der Waals surface area contributed by atoms with E-state index in [1.54, 1.807) is 11.3 Å². The Hall–Kier alpha value is -1.26. The predicted molar refractivity (Wildman–Crippen MR) is 70.8 cm³/mol. The van der Waals surface area contributed by atoms with Crippen LogP contribution >= 0.6 is 11.3 Å². The molecule has 1 unspecified atom stereocenters. The quantitative estimate of drug-likeness (QED) is 0.897. The minimum Gasteiger partial charge on any atom is -0.324 e. The van der Waals surface area contributed by atoms with Gasteiger partial charge in [0.15, 0.2) is 0 Å². The van der Waals surface area contributed by atoms with Crippen molar-refractivity contribution in [3.63, 3.8) is 0 Å². The molecule has 96 valence electrons. The van der Waals surface area contributed by atoms with E-state index < -0.39 is 11.6 Å². The van der Waals surface area contributed by atoms with Crippen molar-refractivity contribution in [2.75, 3.05) is 0 Å². The van der Waals surface area contributed by atoms with Gasteiger partial charge in [-0.1, -0.05) is 6.07 Å². The summed E-state index contributed by atoms with van der Waals surface area (Å²) in [6, 6.07) is 5.50. The number of aryl methyl sites for hydroxylation is 2. The molecule has 0 aliphatic heterocycles. The first-order valence-electron chi connectivity index (χ1n) is 5.74. The van der Waals surface area contributed by atoms with Crippen LogP contribution in [0.1, 0.15) is 26.9 Å². The normalized spacial score (nSPS) is 12.7. The zero-order valence-corrected chi connectivity index (χ0v) is 11.2. The maximum absolute atomic E-state index is 13.5. The largest absolute Gasteiger partial charge is 0.324 e. The van der Waals surface area contributed by atoms with Crippen molar-refractivity contribution in [3.05, 3.63) is 56.8 Å². The molecule has 1 atom stereocenters. The second-order valence-corrected chi connectivity index (χ2v) is 5.84. The van der Waals surface area contributed by atoms with E-state index in [-0.39, 0.29) is 18.0 Å². The van der Waals surface area contributed by atoms with Crippen molar-refractivity contribution in [1.82, 2.24) is 0 Å². The Bertz CT molecular complexity index is 543. The van der Waals surface area contributed by atoms with E-state index >= 15 is 0 Å². The molecule has 0 saturated heterocycles. The molecule has 0 amide bonds. The van der Waals surface area contributed by atoms with E-state index in [9.17, 15) is 8.78 Å². The summed E-state index contributed by atoms with van der Waals surface area (Å²) in [5, 5.41) is 0. The van der Waals surface area contributed by atoms with E-state index in [0.29, 0.717) is 0 Å². The van der Waals surface area contributed by atoms with Gasteiger partial charge in [0.1, 0.15) is 11.6 Å². The summed E-state index contributed by atoms with van der Waals surface area (Å²) < 4.78 is 27.1. The van der Waals surface area contributed by atoms with Crippen LogP contribution in [-0.2, 0) is 6.42 Å². The lowest BCUT2D eigenvalue weighted by molar-refractivity contribution is 0.539. The first kappa shape index (κ1) is 13.2. The second-order valence-electron chi connectivity index (χ2n) is 4.38. The fourth-order valence-corrected chi connectivity index (χ4v) is 3.07. The molecule has 0 spiro atoms. The van der Waals surface area contributed by atoms with Gasteiger partial charge in [0.25, 0.3) is 0 Å². The second kappa shape index (κ2) is 5.16. The highest BCUT2D eigenvalue weighted by Gasteiger charge is 2.17. The van der Waals surface area contributed by atoms with Crippen LogP contribution in [0.15, 0.2) is 24.3 Å². The van der Waals surface area contributed by atoms with Gasteiger partial charge < -0.3 is 5.73 Å². The molecule has 1 aromatic carbocycles. The smallest absolute Gasteiger partial charge is 0.129 e. The summed E-state index contributed by atoms with van der Waals surface area (Å²) in [6.07, 6.45) is 0.176. The standard InChI is InChI=1S/C14H15F2NS/c1-8-6-10(9(2)18-8)14(17)7-11-12(15)4-3-5-13(11)16/h3-6,14H,7,17H2,1-2H3. The average molecular weight is 267 g/mol. The molecule has 0 bridgehead atoms. The van der Waals surface area contributed by atoms with Gasteiger partial charge in [-0.25, -0.2) is 8.78 Å². The molecule has 1 aromatic heterocycles. The lowest BCUT2D eigenvalue weighted by atomic mass is 9.99. The SMILES string of the molecule is Cc1cc(C(N)Cc2c(F)cccc2F)c(C)s1. The van der Waals surface area contributed by atoms with Crippen LogP contribution in [0, 0.1) is 25.5 Å². The number of hydrogen-bond acceptors (Lipinski definition) is 2. The Labute approximate surface area is 109 Å². The van der Waals surface area contributed by atoms with Crippen LogP contribution in [0.2, 0.25) is 0 Å². The molecule has 0 aliphatic rings. The number of rotatable bonds is 3. The van der Waals surface area contributed by atoms with Crippen molar-refractivity contribution in [2.24, 2.45) is 5.73 Å². The van der Waals surface area contributed by atoms with Crippen LogP contribution in [0.4, 0.5) is 8.78 Å². The maximum Gasteiger partial charge on any atom is 0.129 e. The molecule has 18 heavy (non-hydrogen) atoms. The Balaban J connectivity index is 2.26. The van der Waals surface area contributed by atoms with Crippen molar-refractivity contribution in [3.8, 4) is 0 Å². The zero-order chi connectivity index (χ0) is 13.3. The van der Waals surface area contributed by atoms with Gasteiger partial charge in [0.05, 0.1) is 0 Å². The highest BCUT2D eigenvalue weighted by molar-refractivity contribution is 7.12. The first-order valence-corrected chi connectivity index (χ1v) is 6.56. The minimum atomic E-state index is -0.532. The highest BCUT2D eigenvalue weighted by Crippen LogP contribution is 2.28. The third-order valence-electron chi connectivity index (χ3n) is 2.96. The summed E-state index contributed by atoms with van der Waals surface area (Å²) in [6.45, 7) is 3.97. The van der Waals surface area contributed by atoms with Gasteiger partial charge in [-0.2, -0.15) is 0 Å². The van der Waals surface area contributed by atoms with Crippen LogP contribution in [0.25, 0.3) is 0 Å². The molecule has 2 aromatic rings. The number of benzene rings is 1. The lowest BCUT2D eigenvalue weighted by Crippen LogP contribution is -2.15. The monoisotopic (exact) mass is 267 g/mol. The fourth-order valence-electron chi connectivity index (χ4n) is 2.08. The molecule has 2 N–H and O–H groups in total. The Morgan fingerprint density at radius 1 is 1.22 bits per heavy atom. The van der Waals surface area contributed by atoms with Gasteiger partial charge in [-0.05, 0) is 44.0 Å². The molecule has 1 nitrogen and oxygen atoms in total. The summed E-state index contributed by atoms with van der Waals surface area (Å²) in [5.74, 6) is -1.06. The van der Waals surface area contributed by atoms with Crippen LogP contribution in [0.3, 0.4) is 0 Å². The van der Waals surface area contributed by atoms with Crippen molar-refractivity contribution < 1.29 is 8.78 Å². The van der Waals surface area contributed by atoms with Crippen LogP contribution in [0.5, 0.6) is 0 Å². The molecule has 0 aliphatic carbocycles. The molecule has 2 rings (SSSR count). The zero-order valence-electron chi connectivity index (χ0n) is 10.3. The molecule has 1 heterocycles. The third kappa shape index (κ3) is 2.60. The molecular formula is C14H15F2NS. The average Bonchev–Trinajstić information content (AvgIpc) is 2.63. The molecule has 0 fully saturated rings. The number of thiophene rings is 1. The van der Waals surface area contributed by atoms with Crippen LogP contribution < -0.4 is 5.73 Å². The van der Waals surface area contributed by atoms with Gasteiger partial charge >= 0.3 is 0 Å². The van der Waals surface area contributed by atoms with Crippen molar-refractivity contribution in [2.45, 2.75) is 26.3 Å². The van der Waals surface area contributed by atoms with E-state index in [1.807, 2.05) is 19.9 Å². The van der Waals surface area contributed by atoms with Crippen molar-refractivity contribution >= 4 is 11.3 Å². The third-order valence-corrected chi connectivity index (χ3v) is 3.95. The predicted octanol–water partition coefficient (Wildman–Crippen LogP) is 3.89. The summed E-state index contributed by atoms with van der Waals surface area (Å²) >= 11 is 1.65. The fraction of sp³-hybridized carbons (Fsp3) is 0.286. The Morgan fingerprint density at radius 3 is 2.33 bits per heavy atom. The van der Waals surface area contributed by atoms with Gasteiger partial charge in [0, 0.05) is 21.4 Å². The molecular weight excluding hydrogens is 252 g/mol. The Kier molecular flexibility index (Phi) is 3.78. The van der Waals surface area contributed by atoms with Gasteiger partial charge in [-0.15, -0.1) is 11.3 Å². The number of halogens is 2. The number of nitrogens with two attached hydrogens (primary N) is 1. The van der Waals surface area contributed by atoms with Crippen molar-refractivity contribution in [1.29, 1.82) is 0 Å². The van der Waals surface area contributed by atoms with Crippen LogP contribution in [-0.4, -0.2) is 0 Å². The summed E-state index contributed by atoms with van der Waals surface area (Å²) in [4.78, 5) is 2.27. The first-order chi connectivity index (χ1) is 8.49. The topological polar surface area (TPSA) is 26.0 Å². The van der Waals surface area contributed by atoms with Gasteiger partial charge in [-0.3, -0.25) is 0 Å². The summed E-state index contributed by atoms with van der Waals surface area (Å²) in [7, 11) is 0. The molecule has 0 radical (unpaired) electrons. The summed E-state index contributed by atoms with van der Waals surface area (Å²) in [5.41, 5.74) is 7.09. The molecule has 0 saturated carbocycles. The van der Waals surface area contributed by atoms with E-state index in [2.05, 4.69) is 0 Å². The van der Waals surface area contributed by atoms with Gasteiger partial charge in [0.2, 0.25) is 0 Å². The van der Waals surface area contributed by atoms with E-state index in [0.717, 1.165) is 15.3 Å². The van der Waals surface area contributed by atoms with E-state index in [4.69, 9.17) is 5.73 Å². The Morgan fingerprint density at radius 2 is 1.83 bits per heavy atom. The van der Waals surface area contributed by atoms with E-state index in [1.165, 1.54) is 18.2 Å². The lowest BCUT2D eigenvalue weighted by Gasteiger charge is -2.13. The highest BCUT2D eigenvalue weighted by atomic mass is 32.1. The molecule has 4 heteroatoms. The minimum absolute atomic E-state index is 0.0632. The maximum atomic E-state index is 13.5.